The van der Waals surface area contributed by atoms with E-state index in [1.165, 1.54) is 23.9 Å². The largest absolute Gasteiger partial charge is 0.451 e. The summed E-state index contributed by atoms with van der Waals surface area (Å²) in [5.74, 6) is -0.0965. The van der Waals surface area contributed by atoms with E-state index in [4.69, 9.17) is 9.40 Å². The molecule has 0 atom stereocenters. The van der Waals surface area contributed by atoms with Gasteiger partial charge in [-0.05, 0) is 54.8 Å². The predicted molar refractivity (Wildman–Crippen MR) is 128 cm³/mol. The summed E-state index contributed by atoms with van der Waals surface area (Å²) in [6, 6.07) is 19.0. The standard InChI is InChI=1S/C25H19FN4O2S/c1-30-23(22(29-25(30)33-2)15-7-9-18(26)10-8-15)17-11-12-27-21(14-17)28-24(31)20-13-16-5-3-4-6-19(16)32-20/h3-14H,1-2H3,(H,27,28,31). The third kappa shape index (κ3) is 4.01. The predicted octanol–water partition coefficient (Wildman–Crippen LogP) is 6.01. The molecule has 33 heavy (non-hydrogen) atoms. The molecule has 0 aliphatic carbocycles. The van der Waals surface area contributed by atoms with Crippen molar-refractivity contribution in [2.75, 3.05) is 11.6 Å². The smallest absolute Gasteiger partial charge is 0.292 e. The van der Waals surface area contributed by atoms with Crippen LogP contribution in [0, 0.1) is 5.82 Å². The number of halogens is 1. The Balaban J connectivity index is 1.50. The number of para-hydroxylation sites is 1. The summed E-state index contributed by atoms with van der Waals surface area (Å²) in [6.07, 6.45) is 3.58. The van der Waals surface area contributed by atoms with Gasteiger partial charge < -0.3 is 14.3 Å². The molecular weight excluding hydrogens is 439 g/mol. The summed E-state index contributed by atoms with van der Waals surface area (Å²) in [4.78, 5) is 21.8. The Kier molecular flexibility index (Phi) is 5.43. The van der Waals surface area contributed by atoms with Gasteiger partial charge in [0.2, 0.25) is 0 Å². The third-order valence-corrected chi connectivity index (χ3v) is 6.01. The lowest BCUT2D eigenvalue weighted by molar-refractivity contribution is 0.0998. The average molecular weight is 459 g/mol. The van der Waals surface area contributed by atoms with E-state index in [0.717, 1.165) is 33.1 Å². The number of pyridine rings is 1. The molecule has 1 amide bonds. The van der Waals surface area contributed by atoms with Crippen LogP contribution in [0.4, 0.5) is 10.2 Å². The topological polar surface area (TPSA) is 73.0 Å². The van der Waals surface area contributed by atoms with Crippen LogP contribution in [0.25, 0.3) is 33.5 Å². The molecule has 0 fully saturated rings. The highest BCUT2D eigenvalue weighted by molar-refractivity contribution is 7.98. The molecule has 3 aromatic heterocycles. The Morgan fingerprint density at radius 2 is 1.85 bits per heavy atom. The van der Waals surface area contributed by atoms with Crippen LogP contribution in [0.1, 0.15) is 10.6 Å². The fraction of sp³-hybridized carbons (Fsp3) is 0.0800. The molecule has 6 nitrogen and oxygen atoms in total. The summed E-state index contributed by atoms with van der Waals surface area (Å²) < 4.78 is 21.1. The molecule has 0 saturated heterocycles. The number of nitrogens with zero attached hydrogens (tertiary/aromatic N) is 3. The molecular formula is C25H19FN4O2S. The number of imidazole rings is 1. The molecule has 0 spiro atoms. The van der Waals surface area contributed by atoms with Gasteiger partial charge in [0.05, 0.1) is 11.4 Å². The molecule has 8 heteroatoms. The van der Waals surface area contributed by atoms with E-state index in [-0.39, 0.29) is 17.5 Å². The van der Waals surface area contributed by atoms with Gasteiger partial charge in [0, 0.05) is 29.8 Å². The first-order valence-corrected chi connectivity index (χ1v) is 11.4. The van der Waals surface area contributed by atoms with Gasteiger partial charge >= 0.3 is 0 Å². The first kappa shape index (κ1) is 21.0. The zero-order valence-corrected chi connectivity index (χ0v) is 18.7. The van der Waals surface area contributed by atoms with Crippen molar-refractivity contribution in [3.63, 3.8) is 0 Å². The molecule has 1 N–H and O–H groups in total. The van der Waals surface area contributed by atoms with Crippen molar-refractivity contribution in [1.29, 1.82) is 0 Å². The molecule has 0 saturated carbocycles. The van der Waals surface area contributed by atoms with Gasteiger partial charge in [0.25, 0.3) is 5.91 Å². The Hall–Kier alpha value is -3.91. The zero-order chi connectivity index (χ0) is 22.9. The number of fused-ring (bicyclic) bond motifs is 1. The van der Waals surface area contributed by atoms with Gasteiger partial charge in [0.15, 0.2) is 10.9 Å². The second-order valence-electron chi connectivity index (χ2n) is 7.39. The maximum Gasteiger partial charge on any atom is 0.292 e. The number of furan rings is 1. The summed E-state index contributed by atoms with van der Waals surface area (Å²) in [5.41, 5.74) is 3.83. The second kappa shape index (κ2) is 8.55. The van der Waals surface area contributed by atoms with Gasteiger partial charge in [-0.25, -0.2) is 14.4 Å². The quantitative estimate of drug-likeness (QED) is 0.327. The minimum absolute atomic E-state index is 0.209. The van der Waals surface area contributed by atoms with Crippen LogP contribution in [0.2, 0.25) is 0 Å². The molecule has 5 rings (SSSR count). The van der Waals surface area contributed by atoms with Crippen LogP contribution >= 0.6 is 11.8 Å². The van der Waals surface area contributed by atoms with Gasteiger partial charge in [-0.3, -0.25) is 4.79 Å². The molecule has 0 radical (unpaired) electrons. The number of hydrogen-bond donors (Lipinski definition) is 1. The van der Waals surface area contributed by atoms with E-state index >= 15 is 0 Å². The molecule has 3 heterocycles. The van der Waals surface area contributed by atoms with Crippen LogP contribution in [0.5, 0.6) is 0 Å². The lowest BCUT2D eigenvalue weighted by atomic mass is 10.1. The number of carbonyl (C=O) groups is 1. The van der Waals surface area contributed by atoms with Crippen LogP contribution in [-0.2, 0) is 7.05 Å². The Morgan fingerprint density at radius 1 is 1.06 bits per heavy atom. The van der Waals surface area contributed by atoms with E-state index in [2.05, 4.69) is 10.3 Å². The number of thioether (sulfide) groups is 1. The van der Waals surface area contributed by atoms with E-state index < -0.39 is 0 Å². The van der Waals surface area contributed by atoms with E-state index in [1.54, 1.807) is 30.5 Å². The number of anilines is 1. The molecule has 164 valence electrons. The van der Waals surface area contributed by atoms with Crippen molar-refractivity contribution >= 4 is 34.5 Å². The minimum atomic E-state index is -0.385. The minimum Gasteiger partial charge on any atom is -0.451 e. The van der Waals surface area contributed by atoms with Crippen molar-refractivity contribution in [3.8, 4) is 22.5 Å². The highest BCUT2D eigenvalue weighted by atomic mass is 32.2. The molecule has 0 aliphatic heterocycles. The number of benzene rings is 2. The van der Waals surface area contributed by atoms with Gasteiger partial charge in [-0.15, -0.1) is 0 Å². The third-order valence-electron chi connectivity index (χ3n) is 5.28. The summed E-state index contributed by atoms with van der Waals surface area (Å²) in [6.45, 7) is 0. The van der Waals surface area contributed by atoms with Crippen LogP contribution in [0.15, 0.2) is 82.5 Å². The highest BCUT2D eigenvalue weighted by Crippen LogP contribution is 2.35. The molecule has 0 aliphatic rings. The van der Waals surface area contributed by atoms with Crippen LogP contribution < -0.4 is 5.32 Å². The number of rotatable bonds is 5. The van der Waals surface area contributed by atoms with Crippen molar-refractivity contribution in [2.24, 2.45) is 7.05 Å². The van der Waals surface area contributed by atoms with Crippen molar-refractivity contribution in [3.05, 3.63) is 84.5 Å². The van der Waals surface area contributed by atoms with Gasteiger partial charge in [0.1, 0.15) is 17.2 Å². The van der Waals surface area contributed by atoms with Crippen molar-refractivity contribution in [2.45, 2.75) is 5.16 Å². The van der Waals surface area contributed by atoms with Gasteiger partial charge in [-0.1, -0.05) is 30.0 Å². The van der Waals surface area contributed by atoms with E-state index in [0.29, 0.717) is 11.4 Å². The number of nitrogens with one attached hydrogen (secondary N) is 1. The normalized spacial score (nSPS) is 11.1. The van der Waals surface area contributed by atoms with Crippen LogP contribution in [0.3, 0.4) is 0 Å². The van der Waals surface area contributed by atoms with E-state index in [1.807, 2.05) is 48.2 Å². The van der Waals surface area contributed by atoms with E-state index in [9.17, 15) is 9.18 Å². The number of amides is 1. The summed E-state index contributed by atoms with van der Waals surface area (Å²) in [7, 11) is 1.92. The molecule has 2 aromatic carbocycles. The summed E-state index contributed by atoms with van der Waals surface area (Å²) >= 11 is 1.52. The lowest BCUT2D eigenvalue weighted by Crippen LogP contribution is -2.12. The second-order valence-corrected chi connectivity index (χ2v) is 8.17. The highest BCUT2D eigenvalue weighted by Gasteiger charge is 2.19. The Morgan fingerprint density at radius 3 is 2.61 bits per heavy atom. The maximum absolute atomic E-state index is 13.5. The number of hydrogen-bond acceptors (Lipinski definition) is 5. The molecule has 0 bridgehead atoms. The molecule has 0 unspecified atom stereocenters. The zero-order valence-electron chi connectivity index (χ0n) is 17.9. The lowest BCUT2D eigenvalue weighted by Gasteiger charge is -2.09. The maximum atomic E-state index is 13.5. The average Bonchev–Trinajstić information content (AvgIpc) is 3.41. The fourth-order valence-corrected chi connectivity index (χ4v) is 4.27. The number of aromatic nitrogens is 3. The molecule has 5 aromatic rings. The SMILES string of the molecule is CSc1nc(-c2ccc(F)cc2)c(-c2ccnc(NC(=O)c3cc4ccccc4o3)c2)n1C. The Bertz CT molecular complexity index is 1440. The monoisotopic (exact) mass is 458 g/mol. The van der Waals surface area contributed by atoms with Gasteiger partial charge in [-0.2, -0.15) is 0 Å². The van der Waals surface area contributed by atoms with Crippen molar-refractivity contribution in [1.82, 2.24) is 14.5 Å². The first-order chi connectivity index (χ1) is 16.0. The van der Waals surface area contributed by atoms with Crippen LogP contribution in [-0.4, -0.2) is 26.7 Å². The first-order valence-electron chi connectivity index (χ1n) is 10.2. The number of carbonyl (C=O) groups excluding carboxylic acids is 1. The Labute approximate surface area is 193 Å². The fourth-order valence-electron chi connectivity index (χ4n) is 3.72. The van der Waals surface area contributed by atoms with Crippen molar-refractivity contribution < 1.29 is 13.6 Å². The summed E-state index contributed by atoms with van der Waals surface area (Å²) in [5, 5.41) is 4.48.